The summed E-state index contributed by atoms with van der Waals surface area (Å²) in [4.78, 5) is 18.6. The van der Waals surface area contributed by atoms with Crippen LogP contribution in [0.4, 0.5) is 10.8 Å². The number of amides is 1. The molecule has 0 aliphatic carbocycles. The van der Waals surface area contributed by atoms with Crippen molar-refractivity contribution in [1.29, 1.82) is 0 Å². The first-order valence-corrected chi connectivity index (χ1v) is 7.39. The molecule has 0 aliphatic rings. The van der Waals surface area contributed by atoms with Crippen molar-refractivity contribution < 1.29 is 4.79 Å². The lowest BCUT2D eigenvalue weighted by Crippen LogP contribution is -2.43. The summed E-state index contributed by atoms with van der Waals surface area (Å²) < 4.78 is 0.977. The summed E-state index contributed by atoms with van der Waals surface area (Å²) in [6.07, 6.45) is 0. The van der Waals surface area contributed by atoms with Gasteiger partial charge in [-0.15, -0.1) is 0 Å². The molecule has 1 atom stereocenters. The van der Waals surface area contributed by atoms with Crippen LogP contribution in [0.15, 0.2) is 18.2 Å². The SMILES string of the molecule is CC(C)N(C)C(C)C(=O)Nc1nc2ccc(N)cc2s1. The third-order valence-electron chi connectivity index (χ3n) is 3.45. The number of hydrogen-bond donors (Lipinski definition) is 2. The van der Waals surface area contributed by atoms with E-state index in [2.05, 4.69) is 24.1 Å². The molecule has 0 bridgehead atoms. The molecule has 0 spiro atoms. The Hall–Kier alpha value is -1.66. The second kappa shape index (κ2) is 5.76. The maximum Gasteiger partial charge on any atom is 0.243 e. The average molecular weight is 292 g/mol. The molecule has 3 N–H and O–H groups in total. The lowest BCUT2D eigenvalue weighted by Gasteiger charge is -2.26. The Balaban J connectivity index is 2.13. The van der Waals surface area contributed by atoms with Crippen LogP contribution in [0.2, 0.25) is 0 Å². The summed E-state index contributed by atoms with van der Waals surface area (Å²) in [5, 5.41) is 3.48. The highest BCUT2D eigenvalue weighted by Gasteiger charge is 2.21. The second-order valence-electron chi connectivity index (χ2n) is 5.17. The van der Waals surface area contributed by atoms with Crippen molar-refractivity contribution in [2.75, 3.05) is 18.1 Å². The molecule has 0 saturated carbocycles. The first-order valence-electron chi connectivity index (χ1n) is 6.57. The smallest absolute Gasteiger partial charge is 0.243 e. The number of fused-ring (bicyclic) bond motifs is 1. The number of carbonyl (C=O) groups is 1. The number of rotatable bonds is 4. The molecule has 2 rings (SSSR count). The van der Waals surface area contributed by atoms with Crippen LogP contribution in [-0.2, 0) is 4.79 Å². The maximum absolute atomic E-state index is 12.2. The van der Waals surface area contributed by atoms with Crippen molar-refractivity contribution in [2.45, 2.75) is 32.9 Å². The second-order valence-corrected chi connectivity index (χ2v) is 6.20. The molecule has 20 heavy (non-hydrogen) atoms. The van der Waals surface area contributed by atoms with Gasteiger partial charge in [-0.1, -0.05) is 11.3 Å². The van der Waals surface area contributed by atoms with Gasteiger partial charge in [0.15, 0.2) is 5.13 Å². The quantitative estimate of drug-likeness (QED) is 0.850. The van der Waals surface area contributed by atoms with Gasteiger partial charge in [0, 0.05) is 11.7 Å². The minimum Gasteiger partial charge on any atom is -0.399 e. The summed E-state index contributed by atoms with van der Waals surface area (Å²) in [6.45, 7) is 6.01. The third kappa shape index (κ3) is 3.08. The van der Waals surface area contributed by atoms with Gasteiger partial charge in [0.05, 0.1) is 16.3 Å². The van der Waals surface area contributed by atoms with Gasteiger partial charge >= 0.3 is 0 Å². The van der Waals surface area contributed by atoms with Gasteiger partial charge in [0.2, 0.25) is 5.91 Å². The van der Waals surface area contributed by atoms with Crippen LogP contribution in [-0.4, -0.2) is 34.9 Å². The highest BCUT2D eigenvalue weighted by Crippen LogP contribution is 2.27. The highest BCUT2D eigenvalue weighted by molar-refractivity contribution is 7.22. The lowest BCUT2D eigenvalue weighted by atomic mass is 10.2. The van der Waals surface area contributed by atoms with E-state index in [1.807, 2.05) is 37.1 Å². The van der Waals surface area contributed by atoms with Gasteiger partial charge < -0.3 is 11.1 Å². The Morgan fingerprint density at radius 2 is 2.10 bits per heavy atom. The molecule has 0 aliphatic heterocycles. The molecule has 1 heterocycles. The highest BCUT2D eigenvalue weighted by atomic mass is 32.1. The van der Waals surface area contributed by atoms with Gasteiger partial charge in [-0.25, -0.2) is 4.98 Å². The molecule has 0 saturated heterocycles. The zero-order valence-corrected chi connectivity index (χ0v) is 13.0. The summed E-state index contributed by atoms with van der Waals surface area (Å²) in [6, 6.07) is 5.65. The van der Waals surface area contributed by atoms with Crippen molar-refractivity contribution in [3.63, 3.8) is 0 Å². The molecule has 5 nitrogen and oxygen atoms in total. The largest absolute Gasteiger partial charge is 0.399 e. The normalized spacial score (nSPS) is 13.1. The molecule has 0 radical (unpaired) electrons. The predicted molar refractivity (Wildman–Crippen MR) is 85.0 cm³/mol. The first kappa shape index (κ1) is 14.7. The molecule has 108 valence electrons. The first-order chi connectivity index (χ1) is 9.38. The number of thiazole rings is 1. The van der Waals surface area contributed by atoms with E-state index >= 15 is 0 Å². The number of anilines is 2. The minimum atomic E-state index is -0.202. The number of benzene rings is 1. The van der Waals surface area contributed by atoms with Crippen molar-refractivity contribution in [2.24, 2.45) is 0 Å². The van der Waals surface area contributed by atoms with Crippen molar-refractivity contribution in [3.8, 4) is 0 Å². The molecule has 2 aromatic rings. The molecular weight excluding hydrogens is 272 g/mol. The molecule has 0 fully saturated rings. The van der Waals surface area contributed by atoms with Crippen LogP contribution in [0.5, 0.6) is 0 Å². The van der Waals surface area contributed by atoms with E-state index in [-0.39, 0.29) is 11.9 Å². The number of nitrogen functional groups attached to an aromatic ring is 1. The number of nitrogens with one attached hydrogen (secondary N) is 1. The maximum atomic E-state index is 12.2. The Morgan fingerprint density at radius 3 is 2.75 bits per heavy atom. The summed E-state index contributed by atoms with van der Waals surface area (Å²) >= 11 is 1.44. The zero-order valence-electron chi connectivity index (χ0n) is 12.2. The van der Waals surface area contributed by atoms with E-state index in [0.717, 1.165) is 10.2 Å². The molecular formula is C14H20N4OS. The van der Waals surface area contributed by atoms with Gasteiger partial charge in [0.25, 0.3) is 0 Å². The van der Waals surface area contributed by atoms with E-state index in [4.69, 9.17) is 5.73 Å². The van der Waals surface area contributed by atoms with Gasteiger partial charge in [-0.2, -0.15) is 0 Å². The molecule has 1 aromatic carbocycles. The van der Waals surface area contributed by atoms with Crippen LogP contribution >= 0.6 is 11.3 Å². The standard InChI is InChI=1S/C14H20N4OS/c1-8(2)18(4)9(3)13(19)17-14-16-11-6-5-10(15)7-12(11)20-14/h5-9H,15H2,1-4H3,(H,16,17,19). The van der Waals surface area contributed by atoms with E-state index in [9.17, 15) is 4.79 Å². The van der Waals surface area contributed by atoms with Crippen LogP contribution in [0, 0.1) is 0 Å². The minimum absolute atomic E-state index is 0.0479. The summed E-state index contributed by atoms with van der Waals surface area (Å²) in [7, 11) is 1.94. The topological polar surface area (TPSA) is 71.2 Å². The molecule has 1 aromatic heterocycles. The molecule has 1 unspecified atom stereocenters. The van der Waals surface area contributed by atoms with Crippen molar-refractivity contribution >= 4 is 38.3 Å². The molecule has 1 amide bonds. The third-order valence-corrected chi connectivity index (χ3v) is 4.38. The number of nitrogens with two attached hydrogens (primary N) is 1. The number of likely N-dealkylation sites (N-methyl/N-ethyl adjacent to an activating group) is 1. The van der Waals surface area contributed by atoms with Gasteiger partial charge in [-0.3, -0.25) is 9.69 Å². The Kier molecular flexibility index (Phi) is 4.25. The summed E-state index contributed by atoms with van der Waals surface area (Å²) in [5.74, 6) is -0.0479. The lowest BCUT2D eigenvalue weighted by molar-refractivity contribution is -0.120. The van der Waals surface area contributed by atoms with Gasteiger partial charge in [-0.05, 0) is 46.0 Å². The predicted octanol–water partition coefficient (Wildman–Crippen LogP) is 2.55. The van der Waals surface area contributed by atoms with E-state index < -0.39 is 0 Å². The van der Waals surface area contributed by atoms with Crippen LogP contribution in [0.1, 0.15) is 20.8 Å². The monoisotopic (exact) mass is 292 g/mol. The average Bonchev–Trinajstić information content (AvgIpc) is 2.77. The number of carbonyl (C=O) groups excluding carboxylic acids is 1. The van der Waals surface area contributed by atoms with E-state index in [1.165, 1.54) is 11.3 Å². The van der Waals surface area contributed by atoms with Crippen molar-refractivity contribution in [3.05, 3.63) is 18.2 Å². The van der Waals surface area contributed by atoms with Crippen molar-refractivity contribution in [1.82, 2.24) is 9.88 Å². The Bertz CT molecular complexity index is 623. The Labute approximate surface area is 122 Å². The number of hydrogen-bond acceptors (Lipinski definition) is 5. The summed E-state index contributed by atoms with van der Waals surface area (Å²) in [5.41, 5.74) is 7.29. The zero-order chi connectivity index (χ0) is 14.9. The number of nitrogens with zero attached hydrogens (tertiary/aromatic N) is 2. The fourth-order valence-corrected chi connectivity index (χ4v) is 2.75. The van der Waals surface area contributed by atoms with Crippen LogP contribution < -0.4 is 11.1 Å². The van der Waals surface area contributed by atoms with Crippen LogP contribution in [0.3, 0.4) is 0 Å². The fourth-order valence-electron chi connectivity index (χ4n) is 1.84. The van der Waals surface area contributed by atoms with Crippen LogP contribution in [0.25, 0.3) is 10.2 Å². The molecule has 6 heteroatoms. The number of aromatic nitrogens is 1. The fraction of sp³-hybridized carbons (Fsp3) is 0.429. The Morgan fingerprint density at radius 1 is 1.40 bits per heavy atom. The van der Waals surface area contributed by atoms with E-state index in [0.29, 0.717) is 16.9 Å². The van der Waals surface area contributed by atoms with Gasteiger partial charge in [0.1, 0.15) is 0 Å². The van der Waals surface area contributed by atoms with E-state index in [1.54, 1.807) is 0 Å².